The van der Waals surface area contributed by atoms with Gasteiger partial charge in [-0.15, -0.1) is 0 Å². The number of hydrogen-bond donors (Lipinski definition) is 0. The molecular weight excluding hydrogens is 316 g/mol. The van der Waals surface area contributed by atoms with Gasteiger partial charge in [-0.3, -0.25) is 19.3 Å². The van der Waals surface area contributed by atoms with Gasteiger partial charge in [-0.05, 0) is 55.7 Å². The summed E-state index contributed by atoms with van der Waals surface area (Å²) in [5.74, 6) is -0.668. The van der Waals surface area contributed by atoms with E-state index in [9.17, 15) is 14.4 Å². The normalized spacial score (nSPS) is 25.6. The van der Waals surface area contributed by atoms with Gasteiger partial charge in [-0.25, -0.2) is 0 Å². The average molecular weight is 338 g/mol. The molecule has 0 bridgehead atoms. The standard InChI is InChI=1S/C20H22N2O3/c1-21-18(24)15-7-6-14(12-16(15)19(21)25)17(23)22-11-5-10-20(13-22)8-3-2-4-9-20/h2-3,6-7,12H,4-5,8-11,13H2,1H3. The lowest BCUT2D eigenvalue weighted by molar-refractivity contribution is 0.0484. The van der Waals surface area contributed by atoms with Crippen molar-refractivity contribution < 1.29 is 14.4 Å². The van der Waals surface area contributed by atoms with Crippen LogP contribution in [-0.2, 0) is 0 Å². The molecule has 1 fully saturated rings. The van der Waals surface area contributed by atoms with Crippen molar-refractivity contribution in [2.75, 3.05) is 20.1 Å². The molecule has 0 radical (unpaired) electrons. The van der Waals surface area contributed by atoms with E-state index in [1.807, 2.05) is 4.90 Å². The van der Waals surface area contributed by atoms with E-state index in [4.69, 9.17) is 0 Å². The number of benzene rings is 1. The van der Waals surface area contributed by atoms with Gasteiger partial charge in [0.05, 0.1) is 11.1 Å². The number of rotatable bonds is 1. The maximum atomic E-state index is 13.0. The Kier molecular flexibility index (Phi) is 3.74. The largest absolute Gasteiger partial charge is 0.338 e. The minimum atomic E-state index is -0.331. The van der Waals surface area contributed by atoms with Gasteiger partial charge in [0, 0.05) is 25.7 Å². The van der Waals surface area contributed by atoms with E-state index in [0.29, 0.717) is 16.7 Å². The third kappa shape index (κ3) is 2.58. The molecule has 1 aliphatic carbocycles. The van der Waals surface area contributed by atoms with E-state index >= 15 is 0 Å². The van der Waals surface area contributed by atoms with Crippen LogP contribution in [0.25, 0.3) is 0 Å². The summed E-state index contributed by atoms with van der Waals surface area (Å²) in [6.07, 6.45) is 9.92. The average Bonchev–Trinajstić information content (AvgIpc) is 2.86. The highest BCUT2D eigenvalue weighted by atomic mass is 16.2. The molecule has 25 heavy (non-hydrogen) atoms. The highest BCUT2D eigenvalue weighted by molar-refractivity contribution is 6.21. The number of hydrogen-bond acceptors (Lipinski definition) is 3. The van der Waals surface area contributed by atoms with Crippen LogP contribution < -0.4 is 0 Å². The van der Waals surface area contributed by atoms with Gasteiger partial charge in [-0.1, -0.05) is 12.2 Å². The smallest absolute Gasteiger partial charge is 0.261 e. The predicted molar refractivity (Wildman–Crippen MR) is 93.4 cm³/mol. The fourth-order valence-electron chi connectivity index (χ4n) is 4.37. The van der Waals surface area contributed by atoms with E-state index in [1.54, 1.807) is 18.2 Å². The van der Waals surface area contributed by atoms with Crippen molar-refractivity contribution >= 4 is 17.7 Å². The van der Waals surface area contributed by atoms with E-state index in [2.05, 4.69) is 12.2 Å². The Morgan fingerprint density at radius 3 is 2.64 bits per heavy atom. The van der Waals surface area contributed by atoms with Crippen LogP contribution in [0.3, 0.4) is 0 Å². The van der Waals surface area contributed by atoms with Crippen molar-refractivity contribution in [3.8, 4) is 0 Å². The molecule has 3 aliphatic rings. The molecule has 130 valence electrons. The van der Waals surface area contributed by atoms with Gasteiger partial charge in [0.2, 0.25) is 0 Å². The van der Waals surface area contributed by atoms with Crippen molar-refractivity contribution in [1.29, 1.82) is 0 Å². The van der Waals surface area contributed by atoms with Gasteiger partial charge in [-0.2, -0.15) is 0 Å². The molecule has 1 aromatic carbocycles. The fourth-order valence-corrected chi connectivity index (χ4v) is 4.37. The first kappa shape index (κ1) is 16.1. The number of fused-ring (bicyclic) bond motifs is 1. The van der Waals surface area contributed by atoms with Crippen molar-refractivity contribution in [1.82, 2.24) is 9.80 Å². The van der Waals surface area contributed by atoms with Crippen LogP contribution in [0.15, 0.2) is 30.4 Å². The second-order valence-electron chi connectivity index (χ2n) is 7.47. The van der Waals surface area contributed by atoms with E-state index in [1.165, 1.54) is 13.5 Å². The Morgan fingerprint density at radius 1 is 1.08 bits per heavy atom. The van der Waals surface area contributed by atoms with Crippen LogP contribution in [-0.4, -0.2) is 47.7 Å². The van der Waals surface area contributed by atoms with Crippen LogP contribution in [0.5, 0.6) is 0 Å². The molecule has 1 unspecified atom stereocenters. The second kappa shape index (κ2) is 5.83. The Hall–Kier alpha value is -2.43. The molecule has 5 heteroatoms. The van der Waals surface area contributed by atoms with E-state index in [-0.39, 0.29) is 23.1 Å². The topological polar surface area (TPSA) is 57.7 Å². The zero-order valence-electron chi connectivity index (χ0n) is 14.5. The SMILES string of the molecule is CN1C(=O)c2ccc(C(=O)N3CCCC4(CC=CCC4)C3)cc2C1=O. The third-order valence-corrected chi connectivity index (χ3v) is 5.84. The van der Waals surface area contributed by atoms with Gasteiger partial charge in [0.1, 0.15) is 0 Å². The van der Waals surface area contributed by atoms with Crippen LogP contribution in [0.1, 0.15) is 63.2 Å². The highest BCUT2D eigenvalue weighted by Crippen LogP contribution is 2.41. The van der Waals surface area contributed by atoms with Gasteiger partial charge < -0.3 is 4.90 Å². The quantitative estimate of drug-likeness (QED) is 0.584. The summed E-state index contributed by atoms with van der Waals surface area (Å²) >= 11 is 0. The molecule has 3 amide bonds. The minimum absolute atomic E-state index is 0.0359. The summed E-state index contributed by atoms with van der Waals surface area (Å²) < 4.78 is 0. The first-order valence-electron chi connectivity index (χ1n) is 8.91. The summed E-state index contributed by atoms with van der Waals surface area (Å²) in [6.45, 7) is 1.54. The number of carbonyl (C=O) groups excluding carboxylic acids is 3. The number of amides is 3. The summed E-state index contributed by atoms with van der Waals surface area (Å²) in [4.78, 5) is 40.2. The third-order valence-electron chi connectivity index (χ3n) is 5.84. The molecule has 2 aliphatic heterocycles. The number of piperidine rings is 1. The zero-order chi connectivity index (χ0) is 17.6. The molecule has 2 heterocycles. The monoisotopic (exact) mass is 338 g/mol. The number of likely N-dealkylation sites (tertiary alicyclic amines) is 1. The summed E-state index contributed by atoms with van der Waals surface area (Å²) in [5, 5.41) is 0. The molecular formula is C20H22N2O3. The number of nitrogens with zero attached hydrogens (tertiary/aromatic N) is 2. The number of allylic oxidation sites excluding steroid dienone is 2. The van der Waals surface area contributed by atoms with Crippen molar-refractivity contribution in [2.24, 2.45) is 5.41 Å². The molecule has 1 atom stereocenters. The summed E-state index contributed by atoms with van der Waals surface area (Å²) in [6, 6.07) is 4.87. The van der Waals surface area contributed by atoms with Crippen molar-refractivity contribution in [2.45, 2.75) is 32.1 Å². The van der Waals surface area contributed by atoms with Crippen LogP contribution in [0.4, 0.5) is 0 Å². The molecule has 4 rings (SSSR count). The van der Waals surface area contributed by atoms with Crippen LogP contribution in [0.2, 0.25) is 0 Å². The predicted octanol–water partition coefficient (Wildman–Crippen LogP) is 2.87. The Morgan fingerprint density at radius 2 is 1.88 bits per heavy atom. The lowest BCUT2D eigenvalue weighted by Crippen LogP contribution is -2.46. The maximum Gasteiger partial charge on any atom is 0.261 e. The van der Waals surface area contributed by atoms with Crippen molar-refractivity contribution in [3.05, 3.63) is 47.0 Å². The minimum Gasteiger partial charge on any atom is -0.338 e. The number of carbonyl (C=O) groups is 3. The molecule has 1 saturated heterocycles. The lowest BCUT2D eigenvalue weighted by atomic mass is 9.71. The van der Waals surface area contributed by atoms with Gasteiger partial charge in [0.25, 0.3) is 17.7 Å². The molecule has 0 N–H and O–H groups in total. The molecule has 1 spiro atoms. The zero-order valence-corrected chi connectivity index (χ0v) is 14.5. The summed E-state index contributed by atoms with van der Waals surface area (Å²) in [7, 11) is 1.47. The number of imide groups is 1. The maximum absolute atomic E-state index is 13.0. The van der Waals surface area contributed by atoms with Crippen LogP contribution >= 0.6 is 0 Å². The molecule has 5 nitrogen and oxygen atoms in total. The summed E-state index contributed by atoms with van der Waals surface area (Å²) in [5.41, 5.74) is 1.44. The van der Waals surface area contributed by atoms with Gasteiger partial charge >= 0.3 is 0 Å². The Balaban J connectivity index is 1.58. The Labute approximate surface area is 147 Å². The lowest BCUT2D eigenvalue weighted by Gasteiger charge is -2.44. The van der Waals surface area contributed by atoms with Crippen LogP contribution in [0, 0.1) is 5.41 Å². The second-order valence-corrected chi connectivity index (χ2v) is 7.47. The van der Waals surface area contributed by atoms with Gasteiger partial charge in [0.15, 0.2) is 0 Å². The Bertz CT molecular complexity index is 798. The van der Waals surface area contributed by atoms with Crippen molar-refractivity contribution in [3.63, 3.8) is 0 Å². The molecule has 0 saturated carbocycles. The fraction of sp³-hybridized carbons (Fsp3) is 0.450. The van der Waals surface area contributed by atoms with E-state index < -0.39 is 0 Å². The molecule has 0 aromatic heterocycles. The molecule has 1 aromatic rings. The van der Waals surface area contributed by atoms with E-state index in [0.717, 1.165) is 43.7 Å². The first-order valence-corrected chi connectivity index (χ1v) is 8.91. The highest BCUT2D eigenvalue weighted by Gasteiger charge is 2.38. The first-order chi connectivity index (χ1) is 12.0.